The Morgan fingerprint density at radius 1 is 1.19 bits per heavy atom. The summed E-state index contributed by atoms with van der Waals surface area (Å²) in [7, 11) is 0. The number of fused-ring (bicyclic) bond motifs is 1. The minimum Gasteiger partial charge on any atom is -0.383 e. The van der Waals surface area contributed by atoms with Crippen LogP contribution in [0.1, 0.15) is 17.1 Å². The SMILES string of the molecule is Cc1nc(N)c2c(C)c(C)n(-c3ccc(Cl)c(F)c3)c2n1. The molecule has 108 valence electrons. The number of nitrogens with two attached hydrogens (primary N) is 1. The third kappa shape index (κ3) is 2.05. The van der Waals surface area contributed by atoms with Crippen LogP contribution >= 0.6 is 11.6 Å². The zero-order chi connectivity index (χ0) is 15.3. The summed E-state index contributed by atoms with van der Waals surface area (Å²) in [5.74, 6) is 0.547. The quantitative estimate of drug-likeness (QED) is 0.745. The molecule has 2 aromatic heterocycles. The van der Waals surface area contributed by atoms with E-state index in [2.05, 4.69) is 9.97 Å². The Morgan fingerprint density at radius 3 is 2.57 bits per heavy atom. The number of nitrogen functional groups attached to an aromatic ring is 1. The zero-order valence-electron chi connectivity index (χ0n) is 11.9. The van der Waals surface area contributed by atoms with Crippen molar-refractivity contribution in [3.05, 3.63) is 46.1 Å². The van der Waals surface area contributed by atoms with E-state index in [1.165, 1.54) is 12.1 Å². The summed E-state index contributed by atoms with van der Waals surface area (Å²) in [5.41, 5.74) is 9.27. The fourth-order valence-electron chi connectivity index (χ4n) is 2.55. The number of rotatable bonds is 1. The molecular formula is C15H14ClFN4. The highest BCUT2D eigenvalue weighted by atomic mass is 35.5. The first-order valence-electron chi connectivity index (χ1n) is 6.47. The fraction of sp³-hybridized carbons (Fsp3) is 0.200. The molecule has 0 bridgehead atoms. The van der Waals surface area contributed by atoms with Crippen LogP contribution in [-0.2, 0) is 0 Å². The molecule has 21 heavy (non-hydrogen) atoms. The highest BCUT2D eigenvalue weighted by Gasteiger charge is 2.18. The van der Waals surface area contributed by atoms with Gasteiger partial charge in [-0.3, -0.25) is 4.57 Å². The van der Waals surface area contributed by atoms with Crippen LogP contribution in [0.3, 0.4) is 0 Å². The maximum Gasteiger partial charge on any atom is 0.150 e. The van der Waals surface area contributed by atoms with Gasteiger partial charge >= 0.3 is 0 Å². The molecule has 0 spiro atoms. The smallest absolute Gasteiger partial charge is 0.150 e. The molecule has 0 saturated heterocycles. The van der Waals surface area contributed by atoms with Gasteiger partial charge in [-0.1, -0.05) is 11.6 Å². The number of hydrogen-bond acceptors (Lipinski definition) is 3. The molecule has 0 fully saturated rings. The first kappa shape index (κ1) is 13.8. The third-order valence-corrected chi connectivity index (χ3v) is 3.96. The van der Waals surface area contributed by atoms with Gasteiger partial charge in [0.25, 0.3) is 0 Å². The molecule has 3 rings (SSSR count). The molecule has 0 aliphatic carbocycles. The number of aromatic nitrogens is 3. The van der Waals surface area contributed by atoms with Crippen molar-refractivity contribution in [2.45, 2.75) is 20.8 Å². The molecule has 2 N–H and O–H groups in total. The van der Waals surface area contributed by atoms with E-state index in [-0.39, 0.29) is 5.02 Å². The van der Waals surface area contributed by atoms with Gasteiger partial charge in [-0.05, 0) is 44.5 Å². The highest BCUT2D eigenvalue weighted by Crippen LogP contribution is 2.31. The van der Waals surface area contributed by atoms with Crippen LogP contribution in [0.5, 0.6) is 0 Å². The van der Waals surface area contributed by atoms with E-state index in [0.29, 0.717) is 23.0 Å². The van der Waals surface area contributed by atoms with Gasteiger partial charge in [0.05, 0.1) is 16.1 Å². The summed E-state index contributed by atoms with van der Waals surface area (Å²) in [6, 6.07) is 4.68. The number of aryl methyl sites for hydroxylation is 2. The summed E-state index contributed by atoms with van der Waals surface area (Å²) in [5, 5.41) is 0.892. The van der Waals surface area contributed by atoms with Gasteiger partial charge in [-0.2, -0.15) is 0 Å². The van der Waals surface area contributed by atoms with Crippen LogP contribution in [0, 0.1) is 26.6 Å². The molecule has 6 heteroatoms. The number of nitrogens with zero attached hydrogens (tertiary/aromatic N) is 3. The Balaban J connectivity index is 2.42. The van der Waals surface area contributed by atoms with Crippen LogP contribution < -0.4 is 5.73 Å². The van der Waals surface area contributed by atoms with Crippen LogP contribution in [-0.4, -0.2) is 14.5 Å². The molecule has 2 heterocycles. The number of anilines is 1. The van der Waals surface area contributed by atoms with Crippen molar-refractivity contribution in [1.29, 1.82) is 0 Å². The van der Waals surface area contributed by atoms with Crippen LogP contribution in [0.25, 0.3) is 16.7 Å². The lowest BCUT2D eigenvalue weighted by atomic mass is 10.2. The standard InChI is InChI=1S/C15H14ClFN4/c1-7-8(2)21(10-4-5-11(16)12(17)6-10)15-13(7)14(18)19-9(3)20-15/h4-6H,1-3H3,(H2,18,19,20). The van der Waals surface area contributed by atoms with E-state index >= 15 is 0 Å². The van der Waals surface area contributed by atoms with Crippen molar-refractivity contribution in [3.8, 4) is 5.69 Å². The first-order chi connectivity index (χ1) is 9.90. The predicted octanol–water partition coefficient (Wildman–Crippen LogP) is 3.72. The van der Waals surface area contributed by atoms with Gasteiger partial charge in [0.1, 0.15) is 17.5 Å². The van der Waals surface area contributed by atoms with E-state index < -0.39 is 5.82 Å². The lowest BCUT2D eigenvalue weighted by Crippen LogP contribution is -2.02. The molecule has 0 radical (unpaired) electrons. The van der Waals surface area contributed by atoms with Gasteiger partial charge < -0.3 is 5.73 Å². The van der Waals surface area contributed by atoms with E-state index in [4.69, 9.17) is 17.3 Å². The normalized spacial score (nSPS) is 11.3. The molecule has 0 unspecified atom stereocenters. The van der Waals surface area contributed by atoms with E-state index in [1.807, 2.05) is 18.4 Å². The fourth-order valence-corrected chi connectivity index (χ4v) is 2.67. The Hall–Kier alpha value is -2.14. The monoisotopic (exact) mass is 304 g/mol. The lowest BCUT2D eigenvalue weighted by molar-refractivity contribution is 0.627. The molecular weight excluding hydrogens is 291 g/mol. The zero-order valence-corrected chi connectivity index (χ0v) is 12.7. The maximum absolute atomic E-state index is 13.8. The average Bonchev–Trinajstić information content (AvgIpc) is 2.65. The minimum atomic E-state index is -0.466. The topological polar surface area (TPSA) is 56.7 Å². The highest BCUT2D eigenvalue weighted by molar-refractivity contribution is 6.30. The van der Waals surface area contributed by atoms with Gasteiger partial charge in [0.2, 0.25) is 0 Å². The van der Waals surface area contributed by atoms with E-state index in [9.17, 15) is 4.39 Å². The maximum atomic E-state index is 13.8. The second-order valence-electron chi connectivity index (χ2n) is 5.00. The van der Waals surface area contributed by atoms with Gasteiger partial charge in [-0.25, -0.2) is 14.4 Å². The van der Waals surface area contributed by atoms with Crippen molar-refractivity contribution in [2.75, 3.05) is 5.73 Å². The van der Waals surface area contributed by atoms with E-state index in [1.54, 1.807) is 13.0 Å². The molecule has 0 aliphatic rings. The van der Waals surface area contributed by atoms with Gasteiger partial charge in [-0.15, -0.1) is 0 Å². The van der Waals surface area contributed by atoms with Crippen LogP contribution in [0.2, 0.25) is 5.02 Å². The van der Waals surface area contributed by atoms with E-state index in [0.717, 1.165) is 16.6 Å². The second-order valence-corrected chi connectivity index (χ2v) is 5.41. The van der Waals surface area contributed by atoms with Crippen molar-refractivity contribution >= 4 is 28.5 Å². The summed E-state index contributed by atoms with van der Waals surface area (Å²) in [6.45, 7) is 5.67. The van der Waals surface area contributed by atoms with Crippen LogP contribution in [0.15, 0.2) is 18.2 Å². The molecule has 0 saturated carbocycles. The Bertz CT molecular complexity index is 870. The summed E-state index contributed by atoms with van der Waals surface area (Å²) >= 11 is 5.75. The Labute approximate surface area is 126 Å². The third-order valence-electron chi connectivity index (χ3n) is 3.66. The van der Waals surface area contributed by atoms with Crippen molar-refractivity contribution < 1.29 is 4.39 Å². The molecule has 1 aromatic carbocycles. The largest absolute Gasteiger partial charge is 0.383 e. The average molecular weight is 305 g/mol. The molecule has 0 atom stereocenters. The molecule has 0 aliphatic heterocycles. The number of halogens is 2. The van der Waals surface area contributed by atoms with Crippen molar-refractivity contribution in [3.63, 3.8) is 0 Å². The van der Waals surface area contributed by atoms with Crippen LogP contribution in [0.4, 0.5) is 10.2 Å². The minimum absolute atomic E-state index is 0.0925. The van der Waals surface area contributed by atoms with Gasteiger partial charge in [0.15, 0.2) is 5.65 Å². The van der Waals surface area contributed by atoms with Crippen molar-refractivity contribution in [2.24, 2.45) is 0 Å². The summed E-state index contributed by atoms with van der Waals surface area (Å²) in [6.07, 6.45) is 0. The molecule has 0 amide bonds. The number of hydrogen-bond donors (Lipinski definition) is 1. The van der Waals surface area contributed by atoms with Crippen molar-refractivity contribution in [1.82, 2.24) is 14.5 Å². The lowest BCUT2D eigenvalue weighted by Gasteiger charge is -2.09. The second kappa shape index (κ2) is 4.70. The molecule has 3 aromatic rings. The Morgan fingerprint density at radius 2 is 1.90 bits per heavy atom. The number of benzene rings is 1. The van der Waals surface area contributed by atoms with Gasteiger partial charge in [0, 0.05) is 5.69 Å². The summed E-state index contributed by atoms with van der Waals surface area (Å²) in [4.78, 5) is 8.66. The first-order valence-corrected chi connectivity index (χ1v) is 6.85. The summed E-state index contributed by atoms with van der Waals surface area (Å²) < 4.78 is 15.6. The predicted molar refractivity (Wildman–Crippen MR) is 82.5 cm³/mol. The molecule has 4 nitrogen and oxygen atoms in total. The Kier molecular flexibility index (Phi) is 3.10.